The van der Waals surface area contributed by atoms with Crippen LogP contribution < -0.4 is 0 Å². The number of hydrogen-bond acceptors (Lipinski definition) is 3. The molecule has 0 saturated heterocycles. The third-order valence-corrected chi connectivity index (χ3v) is 4.50. The molecular formula is C14H6Cl2I2N2O. The lowest BCUT2D eigenvalue weighted by molar-refractivity contribution is 0.467. The summed E-state index contributed by atoms with van der Waals surface area (Å²) >= 11 is 15.2. The van der Waals surface area contributed by atoms with Gasteiger partial charge in [-0.05, 0) is 69.4 Å². The summed E-state index contributed by atoms with van der Waals surface area (Å²) < 4.78 is 1.43. The second-order valence-corrected chi connectivity index (χ2v) is 6.75. The summed E-state index contributed by atoms with van der Waals surface area (Å²) in [5.74, 6) is 0.255. The summed E-state index contributed by atoms with van der Waals surface area (Å²) in [6.07, 6.45) is 0. The van der Waals surface area contributed by atoms with Crippen LogP contribution in [0, 0.1) is 29.8 Å². The molecular weight excluding hydrogens is 537 g/mol. The van der Waals surface area contributed by atoms with E-state index in [0.717, 1.165) is 0 Å². The highest BCUT2D eigenvalue weighted by Crippen LogP contribution is 2.26. The molecule has 0 bridgehead atoms. The van der Waals surface area contributed by atoms with Crippen LogP contribution in [0.25, 0.3) is 0 Å². The minimum atomic E-state index is 0.255. The molecule has 0 aromatic heterocycles. The van der Waals surface area contributed by atoms with Crippen molar-refractivity contribution in [2.24, 2.45) is 0 Å². The molecule has 2 aromatic rings. The quantitative estimate of drug-likeness (QED) is 0.457. The van der Waals surface area contributed by atoms with Crippen molar-refractivity contribution in [2.75, 3.05) is 0 Å². The molecule has 2 rings (SSSR count). The van der Waals surface area contributed by atoms with Crippen LogP contribution in [-0.2, 0) is 0 Å². The van der Waals surface area contributed by atoms with Crippen molar-refractivity contribution < 1.29 is 5.11 Å². The zero-order valence-electron chi connectivity index (χ0n) is 10.2. The summed E-state index contributed by atoms with van der Waals surface area (Å²) in [6.45, 7) is 0. The molecule has 0 radical (unpaired) electrons. The summed E-state index contributed by atoms with van der Waals surface area (Å²) in [5.41, 5.74) is 0.919. The fraction of sp³-hybridized carbons (Fsp3) is 0. The number of nitrogens with zero attached hydrogens (tertiary/aromatic N) is 2. The second-order valence-electron chi connectivity index (χ2n) is 3.61. The molecule has 21 heavy (non-hydrogen) atoms. The van der Waals surface area contributed by atoms with Crippen LogP contribution in [0.5, 0.6) is 5.75 Å². The Hall–Kier alpha value is -0.740. The number of rotatable bonds is 0. The molecule has 0 aliphatic heterocycles. The third-order valence-electron chi connectivity index (χ3n) is 2.22. The number of phenolic OH excluding ortho intramolecular Hbond substituents is 1. The van der Waals surface area contributed by atoms with E-state index in [-0.39, 0.29) is 5.75 Å². The smallest absolute Gasteiger partial charge is 0.142 e. The molecule has 0 atom stereocenters. The van der Waals surface area contributed by atoms with Crippen LogP contribution in [0.2, 0.25) is 10.0 Å². The Bertz CT molecular complexity index is 708. The molecule has 0 amide bonds. The molecule has 0 aliphatic rings. The van der Waals surface area contributed by atoms with E-state index in [1.165, 1.54) is 0 Å². The van der Waals surface area contributed by atoms with E-state index in [1.807, 2.05) is 57.3 Å². The molecule has 3 nitrogen and oxygen atoms in total. The Morgan fingerprint density at radius 2 is 1.43 bits per heavy atom. The van der Waals surface area contributed by atoms with Crippen LogP contribution in [0.4, 0.5) is 0 Å². The average molecular weight is 543 g/mol. The number of phenols is 1. The Labute approximate surface area is 159 Å². The number of halogens is 4. The summed E-state index contributed by atoms with van der Waals surface area (Å²) in [6, 6.07) is 12.2. The predicted octanol–water partition coefficient (Wildman–Crippen LogP) is 5.34. The van der Waals surface area contributed by atoms with E-state index < -0.39 is 0 Å². The van der Waals surface area contributed by atoms with Crippen LogP contribution in [0.1, 0.15) is 11.1 Å². The van der Waals surface area contributed by atoms with Crippen LogP contribution in [0.15, 0.2) is 30.3 Å². The van der Waals surface area contributed by atoms with Crippen LogP contribution in [-0.4, -0.2) is 5.11 Å². The minimum absolute atomic E-state index is 0.255. The fourth-order valence-corrected chi connectivity index (χ4v) is 3.48. The monoisotopic (exact) mass is 542 g/mol. The van der Waals surface area contributed by atoms with Gasteiger partial charge in [-0.3, -0.25) is 0 Å². The zero-order valence-corrected chi connectivity index (χ0v) is 16.1. The van der Waals surface area contributed by atoms with Gasteiger partial charge in [-0.2, -0.15) is 10.5 Å². The molecule has 0 spiro atoms. The van der Waals surface area contributed by atoms with Crippen molar-refractivity contribution in [3.8, 4) is 17.9 Å². The summed E-state index contributed by atoms with van der Waals surface area (Å²) in [4.78, 5) is 0. The second kappa shape index (κ2) is 8.64. The highest BCUT2D eigenvalue weighted by atomic mass is 127. The maximum absolute atomic E-state index is 9.30. The van der Waals surface area contributed by atoms with E-state index >= 15 is 0 Å². The maximum atomic E-state index is 9.30. The largest absolute Gasteiger partial charge is 0.506 e. The van der Waals surface area contributed by atoms with Gasteiger partial charge in [0.25, 0.3) is 0 Å². The normalized spacial score (nSPS) is 9.05. The van der Waals surface area contributed by atoms with Gasteiger partial charge in [-0.1, -0.05) is 29.3 Å². The molecule has 0 heterocycles. The first-order chi connectivity index (χ1) is 9.90. The average Bonchev–Trinajstić information content (AvgIpc) is 2.45. The van der Waals surface area contributed by atoms with Crippen molar-refractivity contribution in [2.45, 2.75) is 0 Å². The summed E-state index contributed by atoms with van der Waals surface area (Å²) in [7, 11) is 0. The Kier molecular flexibility index (Phi) is 7.53. The van der Waals surface area contributed by atoms with Crippen molar-refractivity contribution in [3.05, 3.63) is 58.6 Å². The summed E-state index contributed by atoms with van der Waals surface area (Å²) in [5, 5.41) is 27.1. The van der Waals surface area contributed by atoms with E-state index in [9.17, 15) is 5.11 Å². The minimum Gasteiger partial charge on any atom is -0.506 e. The first-order valence-electron chi connectivity index (χ1n) is 5.33. The molecule has 1 N–H and O–H groups in total. The molecule has 0 aliphatic carbocycles. The van der Waals surface area contributed by atoms with Gasteiger partial charge < -0.3 is 5.11 Å². The topological polar surface area (TPSA) is 67.8 Å². The molecule has 0 saturated carbocycles. The van der Waals surface area contributed by atoms with Gasteiger partial charge in [-0.15, -0.1) is 0 Å². The van der Waals surface area contributed by atoms with Crippen LogP contribution in [0.3, 0.4) is 0 Å². The van der Waals surface area contributed by atoms with E-state index in [4.69, 9.17) is 33.7 Å². The molecule has 0 unspecified atom stereocenters. The van der Waals surface area contributed by atoms with Crippen molar-refractivity contribution in [1.82, 2.24) is 0 Å². The molecule has 0 fully saturated rings. The van der Waals surface area contributed by atoms with E-state index in [0.29, 0.717) is 28.3 Å². The first kappa shape index (κ1) is 18.3. The predicted molar refractivity (Wildman–Crippen MR) is 99.4 cm³/mol. The van der Waals surface area contributed by atoms with E-state index in [1.54, 1.807) is 30.3 Å². The lowest BCUT2D eigenvalue weighted by Crippen LogP contribution is -1.82. The number of nitriles is 2. The highest BCUT2D eigenvalue weighted by Gasteiger charge is 2.04. The third kappa shape index (κ3) is 5.19. The fourth-order valence-electron chi connectivity index (χ4n) is 1.23. The van der Waals surface area contributed by atoms with E-state index in [2.05, 4.69) is 0 Å². The van der Waals surface area contributed by atoms with Crippen molar-refractivity contribution >= 4 is 68.4 Å². The Morgan fingerprint density at radius 3 is 1.76 bits per heavy atom. The highest BCUT2D eigenvalue weighted by molar-refractivity contribution is 14.1. The standard InChI is InChI=1S/C7H3Cl2N.C7H3I2NO/c8-6-2-1-3-7(9)5(6)4-10;8-5-1-4(3-10)2-6(9)7(5)11/h1-3H;1-2,11H. The van der Waals surface area contributed by atoms with Gasteiger partial charge in [0.2, 0.25) is 0 Å². The van der Waals surface area contributed by atoms with Gasteiger partial charge in [0, 0.05) is 0 Å². The maximum Gasteiger partial charge on any atom is 0.142 e. The number of aromatic hydroxyl groups is 1. The van der Waals surface area contributed by atoms with Gasteiger partial charge >= 0.3 is 0 Å². The number of benzene rings is 2. The lowest BCUT2D eigenvalue weighted by atomic mass is 10.2. The van der Waals surface area contributed by atoms with Gasteiger partial charge in [0.15, 0.2) is 0 Å². The van der Waals surface area contributed by atoms with Gasteiger partial charge in [0.1, 0.15) is 11.8 Å². The van der Waals surface area contributed by atoms with Gasteiger partial charge in [0.05, 0.1) is 34.4 Å². The molecule has 2 aromatic carbocycles. The Balaban J connectivity index is 0.000000211. The number of hydrogen-bond donors (Lipinski definition) is 1. The lowest BCUT2D eigenvalue weighted by Gasteiger charge is -1.99. The first-order valence-corrected chi connectivity index (χ1v) is 8.24. The Morgan fingerprint density at radius 1 is 0.952 bits per heavy atom. The van der Waals surface area contributed by atoms with Crippen molar-refractivity contribution in [1.29, 1.82) is 10.5 Å². The van der Waals surface area contributed by atoms with Crippen LogP contribution >= 0.6 is 68.4 Å². The van der Waals surface area contributed by atoms with Crippen molar-refractivity contribution in [3.63, 3.8) is 0 Å². The zero-order chi connectivity index (χ0) is 16.0. The molecule has 7 heteroatoms. The SMILES string of the molecule is N#Cc1c(Cl)cccc1Cl.N#Cc1cc(I)c(O)c(I)c1. The van der Waals surface area contributed by atoms with Gasteiger partial charge in [-0.25, -0.2) is 0 Å². The molecule has 106 valence electrons.